The Hall–Kier alpha value is -4.91. The van der Waals surface area contributed by atoms with Crippen LogP contribution >= 0.6 is 0 Å². The molecule has 0 aliphatic carbocycles. The van der Waals surface area contributed by atoms with E-state index in [2.05, 4.69) is 24.4 Å². The van der Waals surface area contributed by atoms with Gasteiger partial charge in [0.1, 0.15) is 5.84 Å². The van der Waals surface area contributed by atoms with Gasteiger partial charge in [-0.05, 0) is 64.6 Å². The van der Waals surface area contributed by atoms with Gasteiger partial charge >= 0.3 is 11.9 Å². The number of carbonyl (C=O) groups is 2. The van der Waals surface area contributed by atoms with Crippen LogP contribution in [0.1, 0.15) is 62.4 Å². The number of carboxylic acid groups (broad SMARTS) is 2. The summed E-state index contributed by atoms with van der Waals surface area (Å²) in [5.74, 6) is -2.37. The second kappa shape index (κ2) is 9.52. The van der Waals surface area contributed by atoms with E-state index in [1.165, 1.54) is 12.1 Å². The van der Waals surface area contributed by atoms with Crippen molar-refractivity contribution in [2.24, 2.45) is 5.73 Å². The molecule has 2 unspecified atom stereocenters. The van der Waals surface area contributed by atoms with Crippen LogP contribution in [-0.2, 0) is 5.41 Å². The molecule has 7 nitrogen and oxygen atoms in total. The summed E-state index contributed by atoms with van der Waals surface area (Å²) in [6.07, 6.45) is 0.651. The first kappa shape index (κ1) is 24.8. The molecule has 0 saturated heterocycles. The predicted molar refractivity (Wildman–Crippen MR) is 147 cm³/mol. The molecule has 1 aliphatic heterocycles. The van der Waals surface area contributed by atoms with E-state index in [1.54, 1.807) is 6.07 Å². The van der Waals surface area contributed by atoms with Crippen LogP contribution in [-0.4, -0.2) is 28.0 Å². The summed E-state index contributed by atoms with van der Waals surface area (Å²) in [6, 6.07) is 27.5. The Kier molecular flexibility index (Phi) is 6.20. The summed E-state index contributed by atoms with van der Waals surface area (Å²) in [5, 5.41) is 30.9. The molecule has 0 radical (unpaired) electrons. The van der Waals surface area contributed by atoms with Crippen molar-refractivity contribution < 1.29 is 19.8 Å². The Labute approximate surface area is 220 Å². The number of aromatic carboxylic acids is 2. The number of nitrogens with one attached hydrogen (secondary N) is 2. The van der Waals surface area contributed by atoms with E-state index in [-0.39, 0.29) is 23.0 Å². The van der Waals surface area contributed by atoms with Gasteiger partial charge < -0.3 is 21.3 Å². The molecule has 190 valence electrons. The average Bonchev–Trinajstić information content (AvgIpc) is 2.92. The second-order valence-corrected chi connectivity index (χ2v) is 9.73. The molecule has 4 aromatic carbocycles. The van der Waals surface area contributed by atoms with Crippen molar-refractivity contribution in [1.82, 2.24) is 0 Å². The lowest BCUT2D eigenvalue weighted by molar-refractivity contribution is 0.0696. The van der Waals surface area contributed by atoms with E-state index >= 15 is 0 Å². The molecule has 0 saturated carbocycles. The van der Waals surface area contributed by atoms with Gasteiger partial charge in [-0.3, -0.25) is 5.41 Å². The first-order valence-corrected chi connectivity index (χ1v) is 12.2. The first-order valence-electron chi connectivity index (χ1n) is 12.2. The summed E-state index contributed by atoms with van der Waals surface area (Å²) >= 11 is 0. The zero-order valence-electron chi connectivity index (χ0n) is 20.7. The highest BCUT2D eigenvalue weighted by molar-refractivity contribution is 6.00. The molecule has 38 heavy (non-hydrogen) atoms. The number of hydrogen-bond donors (Lipinski definition) is 5. The third kappa shape index (κ3) is 4.28. The Morgan fingerprint density at radius 3 is 2.24 bits per heavy atom. The number of carboxylic acids is 2. The molecule has 0 fully saturated rings. The number of nitrogens with two attached hydrogens (primary N) is 1. The molecule has 1 aliphatic rings. The van der Waals surface area contributed by atoms with Crippen molar-refractivity contribution in [2.45, 2.75) is 24.8 Å². The maximum atomic E-state index is 12.2. The number of benzene rings is 4. The number of fused-ring (bicyclic) bond motifs is 1. The van der Waals surface area contributed by atoms with Gasteiger partial charge in [-0.25, -0.2) is 9.59 Å². The van der Waals surface area contributed by atoms with Gasteiger partial charge in [-0.2, -0.15) is 0 Å². The van der Waals surface area contributed by atoms with E-state index in [4.69, 9.17) is 11.1 Å². The Morgan fingerprint density at radius 1 is 0.868 bits per heavy atom. The zero-order valence-corrected chi connectivity index (χ0v) is 20.7. The lowest BCUT2D eigenvalue weighted by Crippen LogP contribution is -2.35. The molecule has 5 rings (SSSR count). The van der Waals surface area contributed by atoms with Crippen LogP contribution in [0.3, 0.4) is 0 Å². The lowest BCUT2D eigenvalue weighted by Gasteiger charge is -2.42. The van der Waals surface area contributed by atoms with Gasteiger partial charge in [0.05, 0.1) is 17.2 Å². The van der Waals surface area contributed by atoms with Crippen LogP contribution in [0.25, 0.3) is 11.1 Å². The molecular formula is C31H27N3O4. The van der Waals surface area contributed by atoms with Crippen LogP contribution in [0.15, 0.2) is 91.0 Å². The minimum atomic E-state index is -1.19. The van der Waals surface area contributed by atoms with E-state index in [0.29, 0.717) is 17.5 Å². The van der Waals surface area contributed by atoms with Gasteiger partial charge in [-0.15, -0.1) is 0 Å². The van der Waals surface area contributed by atoms with Crippen LogP contribution in [0.5, 0.6) is 0 Å². The molecule has 7 heteroatoms. The Balaban J connectivity index is 1.68. The summed E-state index contributed by atoms with van der Waals surface area (Å²) in [5.41, 5.74) is 11.0. The minimum absolute atomic E-state index is 0.00156. The third-order valence-electron chi connectivity index (χ3n) is 7.40. The van der Waals surface area contributed by atoms with Gasteiger partial charge in [0, 0.05) is 16.7 Å². The summed E-state index contributed by atoms with van der Waals surface area (Å²) in [7, 11) is 0. The quantitative estimate of drug-likeness (QED) is 0.164. The highest BCUT2D eigenvalue weighted by Crippen LogP contribution is 2.49. The Morgan fingerprint density at radius 2 is 1.55 bits per heavy atom. The smallest absolute Gasteiger partial charge is 0.336 e. The van der Waals surface area contributed by atoms with Crippen LogP contribution in [0.4, 0.5) is 5.69 Å². The van der Waals surface area contributed by atoms with Crippen molar-refractivity contribution in [1.29, 1.82) is 5.41 Å². The lowest BCUT2D eigenvalue weighted by atomic mass is 9.67. The van der Waals surface area contributed by atoms with E-state index < -0.39 is 17.4 Å². The normalized spacial score (nSPS) is 18.2. The van der Waals surface area contributed by atoms with Crippen molar-refractivity contribution in [3.8, 4) is 11.1 Å². The number of rotatable bonds is 6. The van der Waals surface area contributed by atoms with Crippen LogP contribution < -0.4 is 11.1 Å². The van der Waals surface area contributed by atoms with Crippen molar-refractivity contribution in [3.05, 3.63) is 124 Å². The fraction of sp³-hybridized carbons (Fsp3) is 0.129. The monoisotopic (exact) mass is 505 g/mol. The molecule has 6 N–H and O–H groups in total. The molecular weight excluding hydrogens is 478 g/mol. The number of amidine groups is 1. The highest BCUT2D eigenvalue weighted by Gasteiger charge is 2.39. The first-order chi connectivity index (χ1) is 18.2. The van der Waals surface area contributed by atoms with Crippen molar-refractivity contribution >= 4 is 23.5 Å². The molecule has 0 amide bonds. The van der Waals surface area contributed by atoms with Crippen LogP contribution in [0.2, 0.25) is 0 Å². The molecule has 0 bridgehead atoms. The van der Waals surface area contributed by atoms with Gasteiger partial charge in [-0.1, -0.05) is 67.6 Å². The highest BCUT2D eigenvalue weighted by atomic mass is 16.4. The van der Waals surface area contributed by atoms with Gasteiger partial charge in [0.2, 0.25) is 0 Å². The second-order valence-electron chi connectivity index (χ2n) is 9.73. The van der Waals surface area contributed by atoms with Crippen molar-refractivity contribution in [2.75, 3.05) is 5.32 Å². The van der Waals surface area contributed by atoms with Gasteiger partial charge in [0.25, 0.3) is 0 Å². The zero-order chi connectivity index (χ0) is 27.0. The van der Waals surface area contributed by atoms with E-state index in [9.17, 15) is 19.8 Å². The maximum absolute atomic E-state index is 12.2. The fourth-order valence-corrected chi connectivity index (χ4v) is 5.45. The maximum Gasteiger partial charge on any atom is 0.336 e. The topological polar surface area (TPSA) is 136 Å². The molecule has 0 aromatic heterocycles. The number of nitrogen functional groups attached to an aromatic ring is 1. The summed E-state index contributed by atoms with van der Waals surface area (Å²) in [6.45, 7) is 2.17. The standard InChI is InChI=1S/C31H27N3O4/c1-31(20-7-3-2-4-8-20)17-27(34-26-14-12-18(28(32)33)16-25(26)31)23-10-6-5-9-21(23)22-13-11-19(29(35)36)15-24(22)30(37)38/h2-16,27,34H,17H2,1H3,(H3,32,33)(H,35,36)(H,37,38). The molecule has 1 heterocycles. The van der Waals surface area contributed by atoms with Crippen molar-refractivity contribution in [3.63, 3.8) is 0 Å². The van der Waals surface area contributed by atoms with Crippen LogP contribution in [0, 0.1) is 5.41 Å². The largest absolute Gasteiger partial charge is 0.478 e. The van der Waals surface area contributed by atoms with E-state index in [0.717, 1.165) is 27.9 Å². The SMILES string of the molecule is CC1(c2ccccc2)CC(c2ccccc2-c2ccc(C(=O)O)cc2C(=O)O)Nc2ccc(C(=N)N)cc21. The summed E-state index contributed by atoms with van der Waals surface area (Å²) in [4.78, 5) is 23.7. The fourth-order valence-electron chi connectivity index (χ4n) is 5.45. The number of hydrogen-bond acceptors (Lipinski definition) is 4. The predicted octanol–water partition coefficient (Wildman–Crippen LogP) is 5.90. The molecule has 0 spiro atoms. The number of anilines is 1. The summed E-state index contributed by atoms with van der Waals surface area (Å²) < 4.78 is 0. The molecule has 4 aromatic rings. The Bertz CT molecular complexity index is 1580. The molecule has 2 atom stereocenters. The van der Waals surface area contributed by atoms with Gasteiger partial charge in [0.15, 0.2) is 0 Å². The third-order valence-corrected chi connectivity index (χ3v) is 7.40. The average molecular weight is 506 g/mol. The minimum Gasteiger partial charge on any atom is -0.478 e. The van der Waals surface area contributed by atoms with E-state index in [1.807, 2.05) is 60.7 Å².